The molecule has 2 fully saturated rings. The fourth-order valence-electron chi connectivity index (χ4n) is 3.47. The highest BCUT2D eigenvalue weighted by atomic mass is 16.7. The lowest BCUT2D eigenvalue weighted by atomic mass is 10.0. The Kier molecular flexibility index (Phi) is 3.75. The zero-order valence-electron chi connectivity index (χ0n) is 14.2. The number of hydrogen-bond donors (Lipinski definition) is 1. The van der Waals surface area contributed by atoms with Crippen molar-refractivity contribution in [3.63, 3.8) is 0 Å². The minimum atomic E-state index is -0.398. The molecule has 1 aromatic heterocycles. The summed E-state index contributed by atoms with van der Waals surface area (Å²) in [6.45, 7) is 3.22. The molecular formula is C17H19N5O4. The second kappa shape index (κ2) is 6.26. The van der Waals surface area contributed by atoms with Gasteiger partial charge in [-0.1, -0.05) is 0 Å². The summed E-state index contributed by atoms with van der Waals surface area (Å²) < 4.78 is 22.3. The lowest BCUT2D eigenvalue weighted by Gasteiger charge is -2.37. The van der Waals surface area contributed by atoms with Crippen molar-refractivity contribution in [1.29, 1.82) is 0 Å². The average molecular weight is 357 g/mol. The predicted molar refractivity (Wildman–Crippen MR) is 91.8 cm³/mol. The van der Waals surface area contributed by atoms with Gasteiger partial charge in [0.2, 0.25) is 12.7 Å². The highest BCUT2D eigenvalue weighted by Crippen LogP contribution is 2.35. The van der Waals surface area contributed by atoms with E-state index in [1.54, 1.807) is 6.20 Å². The van der Waals surface area contributed by atoms with Crippen LogP contribution in [0.2, 0.25) is 0 Å². The van der Waals surface area contributed by atoms with Crippen LogP contribution in [0.3, 0.4) is 0 Å². The molecule has 2 saturated heterocycles. The van der Waals surface area contributed by atoms with Crippen LogP contribution in [0.25, 0.3) is 0 Å². The minimum absolute atomic E-state index is 0.246. The Hall–Kier alpha value is -2.65. The summed E-state index contributed by atoms with van der Waals surface area (Å²) in [6.07, 6.45) is 3.32. The molecule has 4 heterocycles. The van der Waals surface area contributed by atoms with Crippen LogP contribution < -0.4 is 19.7 Å². The third kappa shape index (κ3) is 2.89. The van der Waals surface area contributed by atoms with Crippen molar-refractivity contribution in [2.24, 2.45) is 0 Å². The summed E-state index contributed by atoms with van der Waals surface area (Å²) in [5.41, 5.74) is 0.818. The maximum atomic E-state index is 5.77. The normalized spacial score (nSPS) is 20.5. The van der Waals surface area contributed by atoms with Crippen molar-refractivity contribution in [3.05, 3.63) is 24.4 Å². The van der Waals surface area contributed by atoms with E-state index in [9.17, 15) is 0 Å². The summed E-state index contributed by atoms with van der Waals surface area (Å²) in [6, 6.07) is 5.61. The van der Waals surface area contributed by atoms with Crippen molar-refractivity contribution in [1.82, 2.24) is 15.2 Å². The Labute approximate surface area is 150 Å². The van der Waals surface area contributed by atoms with Crippen molar-refractivity contribution in [2.45, 2.75) is 18.6 Å². The number of ether oxygens (including phenoxy) is 4. The first-order valence-corrected chi connectivity index (χ1v) is 8.69. The van der Waals surface area contributed by atoms with E-state index >= 15 is 0 Å². The first kappa shape index (κ1) is 15.6. The Morgan fingerprint density at radius 1 is 1.04 bits per heavy atom. The van der Waals surface area contributed by atoms with Crippen LogP contribution in [0.1, 0.15) is 12.8 Å². The van der Waals surface area contributed by atoms with E-state index < -0.39 is 5.79 Å². The van der Waals surface area contributed by atoms with Crippen molar-refractivity contribution < 1.29 is 18.9 Å². The van der Waals surface area contributed by atoms with E-state index in [0.29, 0.717) is 24.9 Å². The lowest BCUT2D eigenvalue weighted by molar-refractivity contribution is -0.169. The van der Waals surface area contributed by atoms with Gasteiger partial charge in [-0.2, -0.15) is 10.1 Å². The van der Waals surface area contributed by atoms with Gasteiger partial charge in [0.1, 0.15) is 0 Å². The summed E-state index contributed by atoms with van der Waals surface area (Å²) in [7, 11) is 0. The molecule has 0 saturated carbocycles. The SMILES string of the molecule is c1cc2c(cc1Nc1nncc(N3CCC4(CC3)OCCO4)n1)OCO2. The standard InChI is InChI=1S/C17H19N5O4/c1-2-13-14(24-11-23-13)9-12(1)19-16-20-15(10-18-21-16)22-5-3-17(4-6-22)25-7-8-26-17/h1-2,9-10H,3-8,11H2,(H,19,20,21). The van der Waals surface area contributed by atoms with Gasteiger partial charge in [-0.25, -0.2) is 0 Å². The van der Waals surface area contributed by atoms with Crippen molar-refractivity contribution in [3.8, 4) is 11.5 Å². The van der Waals surface area contributed by atoms with Gasteiger partial charge >= 0.3 is 0 Å². The third-order valence-electron chi connectivity index (χ3n) is 4.84. The van der Waals surface area contributed by atoms with Gasteiger partial charge in [0.05, 0.1) is 19.4 Å². The van der Waals surface area contributed by atoms with Crippen LogP contribution in [-0.4, -0.2) is 54.1 Å². The van der Waals surface area contributed by atoms with E-state index in [1.807, 2.05) is 18.2 Å². The summed E-state index contributed by atoms with van der Waals surface area (Å²) in [5.74, 6) is 2.27. The number of anilines is 3. The topological polar surface area (TPSA) is 90.9 Å². The zero-order chi connectivity index (χ0) is 17.4. The molecule has 0 radical (unpaired) electrons. The van der Waals surface area contributed by atoms with Gasteiger partial charge in [-0.15, -0.1) is 5.10 Å². The van der Waals surface area contributed by atoms with E-state index in [-0.39, 0.29) is 6.79 Å². The molecule has 136 valence electrons. The molecule has 0 aliphatic carbocycles. The summed E-state index contributed by atoms with van der Waals surface area (Å²) >= 11 is 0. The Morgan fingerprint density at radius 2 is 1.85 bits per heavy atom. The van der Waals surface area contributed by atoms with Crippen LogP contribution in [0, 0.1) is 0 Å². The molecule has 9 heteroatoms. The Morgan fingerprint density at radius 3 is 2.69 bits per heavy atom. The second-order valence-electron chi connectivity index (χ2n) is 6.43. The zero-order valence-corrected chi connectivity index (χ0v) is 14.2. The number of piperidine rings is 1. The van der Waals surface area contributed by atoms with Gasteiger partial charge in [-0.05, 0) is 12.1 Å². The number of hydrogen-bond acceptors (Lipinski definition) is 9. The monoisotopic (exact) mass is 357 g/mol. The fraction of sp³-hybridized carbons (Fsp3) is 0.471. The molecule has 0 unspecified atom stereocenters. The summed E-state index contributed by atoms with van der Waals surface area (Å²) in [5, 5.41) is 11.3. The fourth-order valence-corrected chi connectivity index (χ4v) is 3.47. The first-order valence-electron chi connectivity index (χ1n) is 8.69. The van der Waals surface area contributed by atoms with Crippen molar-refractivity contribution >= 4 is 17.5 Å². The van der Waals surface area contributed by atoms with Crippen LogP contribution in [0.15, 0.2) is 24.4 Å². The van der Waals surface area contributed by atoms with Crippen molar-refractivity contribution in [2.75, 3.05) is 43.3 Å². The Balaban J connectivity index is 1.28. The highest BCUT2D eigenvalue weighted by Gasteiger charge is 2.40. The lowest BCUT2D eigenvalue weighted by Crippen LogP contribution is -2.45. The molecule has 0 atom stereocenters. The van der Waals surface area contributed by atoms with Crippen LogP contribution in [-0.2, 0) is 9.47 Å². The molecular weight excluding hydrogens is 338 g/mol. The first-order chi connectivity index (χ1) is 12.8. The van der Waals surface area contributed by atoms with Gasteiger partial charge in [0.15, 0.2) is 23.1 Å². The molecule has 1 aromatic carbocycles. The largest absolute Gasteiger partial charge is 0.454 e. The number of benzene rings is 1. The molecule has 9 nitrogen and oxygen atoms in total. The average Bonchev–Trinajstić information content (AvgIpc) is 3.32. The Bertz CT molecular complexity index is 801. The third-order valence-corrected chi connectivity index (χ3v) is 4.84. The minimum Gasteiger partial charge on any atom is -0.454 e. The van der Waals surface area contributed by atoms with Gasteiger partial charge in [0, 0.05) is 37.7 Å². The summed E-state index contributed by atoms with van der Waals surface area (Å²) in [4.78, 5) is 6.76. The molecule has 1 N–H and O–H groups in total. The number of rotatable bonds is 3. The molecule has 3 aliphatic rings. The molecule has 0 amide bonds. The van der Waals surface area contributed by atoms with Gasteiger partial charge in [-0.3, -0.25) is 0 Å². The van der Waals surface area contributed by atoms with E-state index in [1.165, 1.54) is 0 Å². The van der Waals surface area contributed by atoms with E-state index in [0.717, 1.165) is 43.2 Å². The molecule has 2 aromatic rings. The number of aromatic nitrogens is 3. The molecule has 5 rings (SSSR count). The van der Waals surface area contributed by atoms with Crippen LogP contribution in [0.5, 0.6) is 11.5 Å². The van der Waals surface area contributed by atoms with Crippen LogP contribution >= 0.6 is 0 Å². The molecule has 0 bridgehead atoms. The van der Waals surface area contributed by atoms with Gasteiger partial charge < -0.3 is 29.2 Å². The smallest absolute Gasteiger partial charge is 0.249 e. The highest BCUT2D eigenvalue weighted by molar-refractivity contribution is 5.60. The van der Waals surface area contributed by atoms with Crippen LogP contribution in [0.4, 0.5) is 17.5 Å². The maximum Gasteiger partial charge on any atom is 0.249 e. The predicted octanol–water partition coefficient (Wildman–Crippen LogP) is 1.69. The number of nitrogens with one attached hydrogen (secondary N) is 1. The quantitative estimate of drug-likeness (QED) is 0.881. The molecule has 26 heavy (non-hydrogen) atoms. The number of fused-ring (bicyclic) bond motifs is 1. The maximum absolute atomic E-state index is 5.77. The number of nitrogens with zero attached hydrogens (tertiary/aromatic N) is 4. The van der Waals surface area contributed by atoms with Gasteiger partial charge in [0.25, 0.3) is 0 Å². The van der Waals surface area contributed by atoms with E-state index in [2.05, 4.69) is 25.4 Å². The molecule has 3 aliphatic heterocycles. The van der Waals surface area contributed by atoms with E-state index in [4.69, 9.17) is 18.9 Å². The molecule has 1 spiro atoms. The second-order valence-corrected chi connectivity index (χ2v) is 6.43.